The molecule has 200 valence electrons. The minimum atomic E-state index is -0.665. The second-order valence-corrected chi connectivity index (χ2v) is 10.2. The maximum atomic E-state index is 12.6. The number of nitrogens with zero attached hydrogens (tertiary/aromatic N) is 1. The van der Waals surface area contributed by atoms with Crippen molar-refractivity contribution in [3.8, 4) is 5.75 Å². The highest BCUT2D eigenvalue weighted by molar-refractivity contribution is 5.89. The van der Waals surface area contributed by atoms with Gasteiger partial charge in [0.2, 0.25) is 11.8 Å². The number of nitrogens with one attached hydrogen (secondary N) is 2. The van der Waals surface area contributed by atoms with E-state index in [1.165, 1.54) is 0 Å². The largest absolute Gasteiger partial charge is 0.483 e. The van der Waals surface area contributed by atoms with E-state index in [4.69, 9.17) is 9.15 Å². The maximum absolute atomic E-state index is 12.6. The fraction of sp³-hybridized carbons (Fsp3) is 0.556. The minimum Gasteiger partial charge on any atom is -0.483 e. The summed E-state index contributed by atoms with van der Waals surface area (Å²) >= 11 is 0. The number of rotatable bonds is 7. The maximum Gasteiger partial charge on any atom is 0.339 e. The predicted octanol–water partition coefficient (Wildman–Crippen LogP) is 1.48. The number of carbonyl (C=O) groups is 3. The topological polar surface area (TPSA) is 138 Å². The lowest BCUT2D eigenvalue weighted by atomic mass is 9.71. The third-order valence-electron chi connectivity index (χ3n) is 7.85. The third kappa shape index (κ3) is 5.79. The first kappa shape index (κ1) is 26.7. The minimum absolute atomic E-state index is 0.0874. The van der Waals surface area contributed by atoms with Gasteiger partial charge in [0, 0.05) is 35.5 Å². The lowest BCUT2D eigenvalue weighted by Gasteiger charge is -2.47. The summed E-state index contributed by atoms with van der Waals surface area (Å²) in [4.78, 5) is 50.7. The first-order valence-electron chi connectivity index (χ1n) is 12.8. The second kappa shape index (κ2) is 10.9. The molecule has 0 spiro atoms. The molecule has 10 nitrogen and oxygen atoms in total. The molecule has 1 aromatic heterocycles. The second-order valence-electron chi connectivity index (χ2n) is 10.2. The van der Waals surface area contributed by atoms with Crippen LogP contribution in [0, 0.1) is 26.7 Å². The average Bonchev–Trinajstić information content (AvgIpc) is 2.88. The van der Waals surface area contributed by atoms with Crippen molar-refractivity contribution < 1.29 is 28.6 Å². The Kier molecular flexibility index (Phi) is 7.87. The molecule has 0 bridgehead atoms. The fourth-order valence-corrected chi connectivity index (χ4v) is 5.30. The quantitative estimate of drug-likeness (QED) is 0.477. The standard InChI is InChI=1S/C27H35N3O7/c1-16-17(2)26(34)37-25-18(3)21(8-7-20(16)25)36-15-23(32)28-12-22(31)29-13-24(33)30-11-10-27(35)9-5-4-6-19(27)14-30/h7-8,19,35H,4-6,9-15H2,1-3H3,(H,28,32)(H,29,31)/t19-,27-/m1/s1. The lowest BCUT2D eigenvalue weighted by molar-refractivity contribution is -0.143. The summed E-state index contributed by atoms with van der Waals surface area (Å²) in [6.45, 7) is 5.52. The molecule has 10 heteroatoms. The van der Waals surface area contributed by atoms with Gasteiger partial charge in [-0.3, -0.25) is 14.4 Å². The molecule has 3 N–H and O–H groups in total. The van der Waals surface area contributed by atoms with Gasteiger partial charge in [0.25, 0.3) is 5.91 Å². The zero-order chi connectivity index (χ0) is 26.7. The molecular weight excluding hydrogens is 478 g/mol. The number of piperidine rings is 1. The summed E-state index contributed by atoms with van der Waals surface area (Å²) in [5, 5.41) is 16.6. The number of aliphatic hydroxyl groups is 1. The number of likely N-dealkylation sites (tertiary alicyclic amines) is 1. The van der Waals surface area contributed by atoms with Crippen LogP contribution in [0.25, 0.3) is 11.0 Å². The van der Waals surface area contributed by atoms with E-state index < -0.39 is 23.0 Å². The zero-order valence-electron chi connectivity index (χ0n) is 21.6. The number of fused-ring (bicyclic) bond motifs is 2. The van der Waals surface area contributed by atoms with Gasteiger partial charge in [0.15, 0.2) is 6.61 Å². The van der Waals surface area contributed by atoms with Gasteiger partial charge in [-0.2, -0.15) is 0 Å². The highest BCUT2D eigenvalue weighted by Gasteiger charge is 2.43. The summed E-state index contributed by atoms with van der Waals surface area (Å²) < 4.78 is 11.0. The summed E-state index contributed by atoms with van der Waals surface area (Å²) in [6, 6.07) is 3.49. The molecule has 1 saturated heterocycles. The van der Waals surface area contributed by atoms with E-state index in [9.17, 15) is 24.3 Å². The van der Waals surface area contributed by atoms with Gasteiger partial charge in [-0.25, -0.2) is 4.79 Å². The molecule has 0 radical (unpaired) electrons. The molecule has 2 aromatic rings. The van der Waals surface area contributed by atoms with E-state index in [0.717, 1.165) is 36.6 Å². The van der Waals surface area contributed by atoms with Gasteiger partial charge >= 0.3 is 5.63 Å². The van der Waals surface area contributed by atoms with Crippen molar-refractivity contribution in [3.05, 3.63) is 39.2 Å². The lowest BCUT2D eigenvalue weighted by Crippen LogP contribution is -2.56. The van der Waals surface area contributed by atoms with E-state index in [0.29, 0.717) is 42.0 Å². The van der Waals surface area contributed by atoms with Gasteiger partial charge in [0.05, 0.1) is 18.7 Å². The van der Waals surface area contributed by atoms with Gasteiger partial charge in [0.1, 0.15) is 11.3 Å². The molecule has 2 heterocycles. The van der Waals surface area contributed by atoms with Crippen LogP contribution in [0.2, 0.25) is 0 Å². The summed E-state index contributed by atoms with van der Waals surface area (Å²) in [5.74, 6) is -0.697. The van der Waals surface area contributed by atoms with Crippen LogP contribution in [-0.2, 0) is 14.4 Å². The monoisotopic (exact) mass is 513 g/mol. The van der Waals surface area contributed by atoms with Crippen molar-refractivity contribution in [2.75, 3.05) is 32.8 Å². The van der Waals surface area contributed by atoms with Crippen molar-refractivity contribution in [1.82, 2.24) is 15.5 Å². The average molecular weight is 514 g/mol. The van der Waals surface area contributed by atoms with Crippen LogP contribution < -0.4 is 21.0 Å². The van der Waals surface area contributed by atoms with Crippen molar-refractivity contribution in [2.45, 2.75) is 58.5 Å². The molecule has 2 fully saturated rings. The van der Waals surface area contributed by atoms with Crippen LogP contribution in [0.1, 0.15) is 48.8 Å². The van der Waals surface area contributed by atoms with Crippen LogP contribution in [0.15, 0.2) is 21.3 Å². The fourth-order valence-electron chi connectivity index (χ4n) is 5.30. The molecular formula is C27H35N3O7. The van der Waals surface area contributed by atoms with E-state index in [1.54, 1.807) is 30.9 Å². The number of hydrogen-bond acceptors (Lipinski definition) is 7. The molecule has 1 aliphatic heterocycles. The van der Waals surface area contributed by atoms with E-state index in [2.05, 4.69) is 10.6 Å². The smallest absolute Gasteiger partial charge is 0.339 e. The number of ether oxygens (including phenoxy) is 1. The predicted molar refractivity (Wildman–Crippen MR) is 136 cm³/mol. The van der Waals surface area contributed by atoms with Crippen molar-refractivity contribution >= 4 is 28.7 Å². The Morgan fingerprint density at radius 3 is 2.59 bits per heavy atom. The van der Waals surface area contributed by atoms with Crippen LogP contribution in [0.5, 0.6) is 5.75 Å². The molecule has 0 unspecified atom stereocenters. The Bertz CT molecular complexity index is 1270. The number of amides is 3. The van der Waals surface area contributed by atoms with E-state index in [-0.39, 0.29) is 31.5 Å². The summed E-state index contributed by atoms with van der Waals surface area (Å²) in [6.07, 6.45) is 4.34. The number of carbonyl (C=O) groups excluding carboxylic acids is 3. The third-order valence-corrected chi connectivity index (χ3v) is 7.85. The highest BCUT2D eigenvalue weighted by Crippen LogP contribution is 2.39. The van der Waals surface area contributed by atoms with Gasteiger partial charge in [-0.15, -0.1) is 0 Å². The molecule has 1 aliphatic carbocycles. The molecule has 1 saturated carbocycles. The van der Waals surface area contributed by atoms with Crippen molar-refractivity contribution in [1.29, 1.82) is 0 Å². The molecule has 2 aliphatic rings. The Balaban J connectivity index is 1.21. The summed E-state index contributed by atoms with van der Waals surface area (Å²) in [5.41, 5.74) is 1.32. The van der Waals surface area contributed by atoms with Crippen molar-refractivity contribution in [3.63, 3.8) is 0 Å². The van der Waals surface area contributed by atoms with Crippen LogP contribution in [0.4, 0.5) is 0 Å². The zero-order valence-corrected chi connectivity index (χ0v) is 21.6. The first-order chi connectivity index (χ1) is 17.6. The molecule has 3 amide bonds. The van der Waals surface area contributed by atoms with Crippen molar-refractivity contribution in [2.24, 2.45) is 5.92 Å². The number of aryl methyl sites for hydroxylation is 2. The Labute approximate surface area is 215 Å². The van der Waals surface area contributed by atoms with Gasteiger partial charge < -0.3 is 29.8 Å². The van der Waals surface area contributed by atoms with Gasteiger partial charge in [-0.05, 0) is 57.7 Å². The van der Waals surface area contributed by atoms with Crippen LogP contribution >= 0.6 is 0 Å². The highest BCUT2D eigenvalue weighted by atomic mass is 16.5. The van der Waals surface area contributed by atoms with Gasteiger partial charge in [-0.1, -0.05) is 12.8 Å². The van der Waals surface area contributed by atoms with Crippen LogP contribution in [0.3, 0.4) is 0 Å². The first-order valence-corrected chi connectivity index (χ1v) is 12.8. The molecule has 4 rings (SSSR count). The van der Waals surface area contributed by atoms with Crippen LogP contribution in [-0.4, -0.2) is 66.1 Å². The Hall–Kier alpha value is -3.40. The SMILES string of the molecule is Cc1c(C)c2ccc(OCC(=O)NCC(=O)NCC(=O)N3CC[C@]4(O)CCCC[C@@H]4C3)c(C)c2oc1=O. The molecule has 2 atom stereocenters. The van der Waals surface area contributed by atoms with E-state index >= 15 is 0 Å². The summed E-state index contributed by atoms with van der Waals surface area (Å²) in [7, 11) is 0. The van der Waals surface area contributed by atoms with E-state index in [1.807, 2.05) is 6.92 Å². The number of hydrogen-bond donors (Lipinski definition) is 3. The normalized spacial score (nSPS) is 21.3. The Morgan fingerprint density at radius 2 is 1.81 bits per heavy atom. The number of benzene rings is 1. The Morgan fingerprint density at radius 1 is 1.05 bits per heavy atom. The molecule has 1 aromatic carbocycles. The molecule has 37 heavy (non-hydrogen) atoms.